The monoisotopic (exact) mass is 398 g/mol. The molecule has 1 aromatic carbocycles. The van der Waals surface area contributed by atoms with Gasteiger partial charge >= 0.3 is 12.1 Å². The number of hydrogen-bond acceptors (Lipinski definition) is 5. The first-order valence-electron chi connectivity index (χ1n) is 8.36. The summed E-state index contributed by atoms with van der Waals surface area (Å²) < 4.78 is 42.7. The Morgan fingerprint density at radius 1 is 1.30 bits per heavy atom. The maximum atomic E-state index is 12.6. The van der Waals surface area contributed by atoms with Crippen molar-refractivity contribution in [2.24, 2.45) is 5.92 Å². The molecule has 27 heavy (non-hydrogen) atoms. The maximum Gasteiger partial charge on any atom is 0.416 e. The molecule has 0 bridgehead atoms. The molecule has 9 heteroatoms. The fourth-order valence-corrected chi connectivity index (χ4v) is 3.49. The molecule has 2 aromatic rings. The number of benzene rings is 1. The molecule has 1 aliphatic carbocycles. The minimum absolute atomic E-state index is 0.0395. The number of halogens is 3. The number of carbonyl (C=O) groups excluding carboxylic acids is 2. The number of carbonyl (C=O) groups is 2. The number of nitrogens with zero attached hydrogens (tertiary/aromatic N) is 1. The first kappa shape index (κ1) is 19.3. The number of alkyl halides is 3. The van der Waals surface area contributed by atoms with Crippen LogP contribution in [0.25, 0.3) is 0 Å². The molecular weight excluding hydrogens is 381 g/mol. The Hall–Kier alpha value is -2.42. The molecule has 0 radical (unpaired) electrons. The first-order chi connectivity index (χ1) is 12.8. The summed E-state index contributed by atoms with van der Waals surface area (Å²) >= 11 is 1.21. The quantitative estimate of drug-likeness (QED) is 0.747. The van der Waals surface area contributed by atoms with Crippen LogP contribution < -0.4 is 5.32 Å². The summed E-state index contributed by atoms with van der Waals surface area (Å²) in [6.07, 6.45) is -3.75. The standard InChI is InChI=1S/C18H17F3N2O3S/c1-2-26-15(24)7-12-9-27-17(22-12)23-16(25)14-8-13(14)10-3-5-11(6-4-10)18(19,20)21/h3-6,9,13-14H,2,7-8H2,1H3,(H,22,23,25). The van der Waals surface area contributed by atoms with E-state index in [0.717, 1.165) is 12.1 Å². The number of amides is 1. The summed E-state index contributed by atoms with van der Waals surface area (Å²) in [4.78, 5) is 27.9. The van der Waals surface area contributed by atoms with E-state index in [9.17, 15) is 22.8 Å². The molecule has 0 spiro atoms. The van der Waals surface area contributed by atoms with Gasteiger partial charge in [0.25, 0.3) is 0 Å². The van der Waals surface area contributed by atoms with Crippen molar-refractivity contribution >= 4 is 28.3 Å². The van der Waals surface area contributed by atoms with Crippen molar-refractivity contribution in [3.8, 4) is 0 Å². The molecule has 1 heterocycles. The lowest BCUT2D eigenvalue weighted by molar-refractivity contribution is -0.142. The molecule has 2 atom stereocenters. The largest absolute Gasteiger partial charge is 0.466 e. The molecule has 1 amide bonds. The Balaban J connectivity index is 1.54. The van der Waals surface area contributed by atoms with E-state index < -0.39 is 11.7 Å². The van der Waals surface area contributed by atoms with Gasteiger partial charge in [0.1, 0.15) is 0 Å². The van der Waals surface area contributed by atoms with Gasteiger partial charge in [-0.05, 0) is 37.0 Å². The molecule has 2 unspecified atom stereocenters. The number of anilines is 1. The predicted octanol–water partition coefficient (Wildman–Crippen LogP) is 4.01. The highest BCUT2D eigenvalue weighted by molar-refractivity contribution is 7.13. The molecule has 0 aliphatic heterocycles. The molecule has 5 nitrogen and oxygen atoms in total. The van der Waals surface area contributed by atoms with Crippen LogP contribution in [0.1, 0.15) is 36.1 Å². The number of rotatable bonds is 6. The van der Waals surface area contributed by atoms with Gasteiger partial charge in [-0.3, -0.25) is 9.59 Å². The first-order valence-corrected chi connectivity index (χ1v) is 9.24. The lowest BCUT2D eigenvalue weighted by Crippen LogP contribution is -2.14. The van der Waals surface area contributed by atoms with Crippen molar-refractivity contribution in [1.82, 2.24) is 4.98 Å². The Bertz CT molecular complexity index is 833. The van der Waals surface area contributed by atoms with Gasteiger partial charge in [0.15, 0.2) is 5.13 Å². The minimum atomic E-state index is -4.37. The highest BCUT2D eigenvalue weighted by atomic mass is 32.1. The average molecular weight is 398 g/mol. The van der Waals surface area contributed by atoms with Gasteiger partial charge in [-0.15, -0.1) is 11.3 Å². The number of aromatic nitrogens is 1. The molecule has 1 aliphatic rings. The average Bonchev–Trinajstić information content (AvgIpc) is 3.30. The second-order valence-corrected chi connectivity index (χ2v) is 7.04. The van der Waals surface area contributed by atoms with E-state index in [4.69, 9.17) is 4.74 Å². The van der Waals surface area contributed by atoms with Crippen LogP contribution in [0.15, 0.2) is 29.6 Å². The zero-order valence-corrected chi connectivity index (χ0v) is 15.2. The van der Waals surface area contributed by atoms with Crippen molar-refractivity contribution in [2.75, 3.05) is 11.9 Å². The molecule has 1 aromatic heterocycles. The van der Waals surface area contributed by atoms with Crippen molar-refractivity contribution in [3.63, 3.8) is 0 Å². The van der Waals surface area contributed by atoms with Gasteiger partial charge in [0.05, 0.1) is 24.3 Å². The van der Waals surface area contributed by atoms with Crippen LogP contribution >= 0.6 is 11.3 Å². The zero-order valence-electron chi connectivity index (χ0n) is 14.4. The Kier molecular flexibility index (Phi) is 5.50. The van der Waals surface area contributed by atoms with Crippen LogP contribution in [0.3, 0.4) is 0 Å². The van der Waals surface area contributed by atoms with Gasteiger partial charge < -0.3 is 10.1 Å². The van der Waals surface area contributed by atoms with E-state index in [1.54, 1.807) is 12.3 Å². The maximum absolute atomic E-state index is 12.6. The van der Waals surface area contributed by atoms with Crippen molar-refractivity contribution < 1.29 is 27.5 Å². The summed E-state index contributed by atoms with van der Waals surface area (Å²) in [6.45, 7) is 2.01. The lowest BCUT2D eigenvalue weighted by atomic mass is 10.1. The van der Waals surface area contributed by atoms with Gasteiger partial charge in [0.2, 0.25) is 5.91 Å². The molecule has 1 saturated carbocycles. The second-order valence-electron chi connectivity index (χ2n) is 6.18. The summed E-state index contributed by atoms with van der Waals surface area (Å²) in [5, 5.41) is 4.76. The fraction of sp³-hybridized carbons (Fsp3) is 0.389. The Morgan fingerprint density at radius 2 is 2.00 bits per heavy atom. The Labute approximate surface area is 157 Å². The minimum Gasteiger partial charge on any atom is -0.466 e. The van der Waals surface area contributed by atoms with Crippen LogP contribution in [-0.4, -0.2) is 23.5 Å². The van der Waals surface area contributed by atoms with Crippen molar-refractivity contribution in [2.45, 2.75) is 31.9 Å². The normalized spacial score (nSPS) is 18.8. The topological polar surface area (TPSA) is 68.3 Å². The van der Waals surface area contributed by atoms with Crippen LogP contribution in [0.5, 0.6) is 0 Å². The molecule has 0 saturated heterocycles. The number of thiazole rings is 1. The summed E-state index contributed by atoms with van der Waals surface area (Å²) in [5.74, 6) is -0.993. The van der Waals surface area contributed by atoms with E-state index in [0.29, 0.717) is 29.4 Å². The van der Waals surface area contributed by atoms with E-state index in [2.05, 4.69) is 10.3 Å². The molecule has 1 fully saturated rings. The van der Waals surface area contributed by atoms with Crippen LogP contribution in [0, 0.1) is 5.92 Å². The number of hydrogen-bond donors (Lipinski definition) is 1. The van der Waals surface area contributed by atoms with Crippen molar-refractivity contribution in [1.29, 1.82) is 0 Å². The Morgan fingerprint density at radius 3 is 2.63 bits per heavy atom. The number of nitrogens with one attached hydrogen (secondary N) is 1. The van der Waals surface area contributed by atoms with E-state index in [-0.39, 0.29) is 30.1 Å². The van der Waals surface area contributed by atoms with Crippen LogP contribution in [-0.2, 0) is 26.9 Å². The van der Waals surface area contributed by atoms with Crippen LogP contribution in [0.2, 0.25) is 0 Å². The zero-order chi connectivity index (χ0) is 19.6. The molecule has 1 N–H and O–H groups in total. The SMILES string of the molecule is CCOC(=O)Cc1csc(NC(=O)C2CC2c2ccc(C(F)(F)F)cc2)n1. The third-order valence-corrected chi connectivity index (χ3v) is 5.01. The van der Waals surface area contributed by atoms with E-state index >= 15 is 0 Å². The van der Waals surface area contributed by atoms with Gasteiger partial charge in [-0.25, -0.2) is 4.98 Å². The third-order valence-electron chi connectivity index (χ3n) is 4.21. The highest BCUT2D eigenvalue weighted by Crippen LogP contribution is 2.48. The van der Waals surface area contributed by atoms with Crippen LogP contribution in [0.4, 0.5) is 18.3 Å². The predicted molar refractivity (Wildman–Crippen MR) is 93.4 cm³/mol. The summed E-state index contributed by atoms with van der Waals surface area (Å²) in [6, 6.07) is 4.90. The lowest BCUT2D eigenvalue weighted by Gasteiger charge is -2.07. The van der Waals surface area contributed by atoms with Gasteiger partial charge in [0, 0.05) is 11.3 Å². The third kappa shape index (κ3) is 4.85. The van der Waals surface area contributed by atoms with E-state index in [1.165, 1.54) is 23.5 Å². The molecule has 3 rings (SSSR count). The highest BCUT2D eigenvalue weighted by Gasteiger charge is 2.44. The fourth-order valence-electron chi connectivity index (χ4n) is 2.78. The second kappa shape index (κ2) is 7.67. The molecular formula is C18H17F3N2O3S. The van der Waals surface area contributed by atoms with Gasteiger partial charge in [-0.2, -0.15) is 13.2 Å². The number of ether oxygens (including phenoxy) is 1. The molecule has 144 valence electrons. The van der Waals surface area contributed by atoms with Gasteiger partial charge in [-0.1, -0.05) is 12.1 Å². The summed E-state index contributed by atoms with van der Waals surface area (Å²) in [7, 11) is 0. The van der Waals surface area contributed by atoms with E-state index in [1.807, 2.05) is 0 Å². The van der Waals surface area contributed by atoms with Crippen molar-refractivity contribution in [3.05, 3.63) is 46.5 Å². The summed E-state index contributed by atoms with van der Waals surface area (Å²) in [5.41, 5.74) is 0.527. The number of esters is 1. The smallest absolute Gasteiger partial charge is 0.416 e.